The van der Waals surface area contributed by atoms with Gasteiger partial charge in [-0.25, -0.2) is 8.42 Å². The molecule has 1 amide bonds. The van der Waals surface area contributed by atoms with Gasteiger partial charge in [0.05, 0.1) is 35.8 Å². The number of anilines is 1. The van der Waals surface area contributed by atoms with Crippen molar-refractivity contribution in [2.45, 2.75) is 86.3 Å². The SMILES string of the molecule is C=CCOC12Oc3ccc(OCCSc4ccccc4)cc3C3C(CCCCO)C(CCCCO)C=C(C(=NOCC)CC1N(C)S(=O)(=O)c1ccc(NC(C)=O)cc1)C32. The highest BCUT2D eigenvalue weighted by Gasteiger charge is 2.65. The second-order valence-corrected chi connectivity index (χ2v) is 18.6. The number of sulfonamides is 1. The summed E-state index contributed by atoms with van der Waals surface area (Å²) in [5, 5.41) is 27.1. The first kappa shape index (κ1) is 45.3. The Morgan fingerprint density at radius 3 is 2.47 bits per heavy atom. The van der Waals surface area contributed by atoms with Crippen LogP contribution in [0, 0.1) is 17.8 Å². The van der Waals surface area contributed by atoms with E-state index in [0.717, 1.165) is 42.6 Å². The lowest BCUT2D eigenvalue weighted by Crippen LogP contribution is -2.69. The largest absolute Gasteiger partial charge is 0.493 e. The number of hydrogen-bond donors (Lipinski definition) is 3. The number of unbranched alkanes of at least 4 members (excludes halogenated alkanes) is 2. The van der Waals surface area contributed by atoms with Crippen molar-refractivity contribution in [2.24, 2.45) is 22.9 Å². The maximum absolute atomic E-state index is 14.7. The highest BCUT2D eigenvalue weighted by molar-refractivity contribution is 7.99. The molecule has 0 aromatic heterocycles. The van der Waals surface area contributed by atoms with E-state index in [4.69, 9.17) is 19.0 Å². The molecular formula is C46H59N3O9S2. The number of rotatable bonds is 22. The van der Waals surface area contributed by atoms with Gasteiger partial charge in [0, 0.05) is 61.4 Å². The lowest BCUT2D eigenvalue weighted by Gasteiger charge is -2.59. The molecule has 1 aliphatic heterocycles. The number of amides is 1. The number of oxime groups is 1. The normalized spacial score (nSPS) is 23.9. The van der Waals surface area contributed by atoms with Crippen molar-refractivity contribution in [3.05, 3.63) is 103 Å². The summed E-state index contributed by atoms with van der Waals surface area (Å²) in [6, 6.07) is 21.2. The van der Waals surface area contributed by atoms with Gasteiger partial charge in [0.2, 0.25) is 21.7 Å². The van der Waals surface area contributed by atoms with Gasteiger partial charge in [-0.2, -0.15) is 4.31 Å². The third kappa shape index (κ3) is 10.1. The monoisotopic (exact) mass is 861 g/mol. The average Bonchev–Trinajstić information content (AvgIpc) is 3.25. The van der Waals surface area contributed by atoms with Crippen LogP contribution in [-0.2, 0) is 24.4 Å². The summed E-state index contributed by atoms with van der Waals surface area (Å²) in [6.45, 7) is 8.26. The lowest BCUT2D eigenvalue weighted by atomic mass is 9.55. The maximum atomic E-state index is 14.7. The molecule has 1 heterocycles. The number of likely N-dealkylation sites (N-methyl/N-ethyl adjacent to an activating group) is 1. The summed E-state index contributed by atoms with van der Waals surface area (Å²) in [5.74, 6) is -0.478. The van der Waals surface area contributed by atoms with Crippen LogP contribution in [-0.4, -0.2) is 92.2 Å². The zero-order valence-electron chi connectivity index (χ0n) is 34.8. The minimum Gasteiger partial charge on any atom is -0.493 e. The summed E-state index contributed by atoms with van der Waals surface area (Å²) < 4.78 is 51.3. The molecular weight excluding hydrogens is 803 g/mol. The minimum atomic E-state index is -4.19. The molecule has 6 unspecified atom stereocenters. The average molecular weight is 862 g/mol. The van der Waals surface area contributed by atoms with Crippen molar-refractivity contribution in [1.29, 1.82) is 0 Å². The number of carbonyl (C=O) groups excluding carboxylic acids is 1. The van der Waals surface area contributed by atoms with Crippen LogP contribution in [0.5, 0.6) is 11.5 Å². The smallest absolute Gasteiger partial charge is 0.243 e. The zero-order chi connectivity index (χ0) is 42.7. The number of allylic oxidation sites excluding steroid dienone is 1. The van der Waals surface area contributed by atoms with Crippen molar-refractivity contribution < 1.29 is 42.5 Å². The molecule has 0 radical (unpaired) electrons. The van der Waals surface area contributed by atoms with Gasteiger partial charge < -0.3 is 34.6 Å². The van der Waals surface area contributed by atoms with Crippen molar-refractivity contribution in [3.8, 4) is 11.5 Å². The number of benzene rings is 3. The van der Waals surface area contributed by atoms with Crippen LogP contribution < -0.4 is 14.8 Å². The van der Waals surface area contributed by atoms with Crippen molar-refractivity contribution in [2.75, 3.05) is 51.2 Å². The van der Waals surface area contributed by atoms with Gasteiger partial charge in [-0.05, 0) is 105 Å². The molecule has 14 heteroatoms. The topological polar surface area (TPSA) is 156 Å². The Kier molecular flexibility index (Phi) is 15.9. The standard InChI is InChI=1S/C46H59N3O9S2/c1-5-26-56-46-43(49(4)60(53,54)37-21-18-34(19-22-37)47-32(3)52)31-41(48-57-6-2)39-29-33(14-10-12-24-50)38(17-11-13-25-51)44(45(39)46)40-30-35(20-23-42(40)58-46)55-27-28-59-36-15-8-7-9-16-36/h5,7-9,15-16,18-23,29-30,33,38,43-45,50-51H,1,6,10-14,17,24-28,31H2,2-4H3,(H,47,52). The highest BCUT2D eigenvalue weighted by Crippen LogP contribution is 2.62. The van der Waals surface area contributed by atoms with E-state index in [9.17, 15) is 23.4 Å². The van der Waals surface area contributed by atoms with Crippen LogP contribution >= 0.6 is 11.8 Å². The molecule has 3 aliphatic rings. The fourth-order valence-electron chi connectivity index (χ4n) is 9.02. The van der Waals surface area contributed by atoms with Gasteiger partial charge in [0.25, 0.3) is 0 Å². The Morgan fingerprint density at radius 1 is 1.05 bits per heavy atom. The zero-order valence-corrected chi connectivity index (χ0v) is 36.5. The molecule has 3 N–H and O–H groups in total. The van der Waals surface area contributed by atoms with E-state index in [1.165, 1.54) is 28.3 Å². The van der Waals surface area contributed by atoms with Crippen LogP contribution in [0.4, 0.5) is 5.69 Å². The summed E-state index contributed by atoms with van der Waals surface area (Å²) >= 11 is 1.72. The molecule has 324 valence electrons. The Hall–Kier alpha value is -4.18. The van der Waals surface area contributed by atoms with Crippen LogP contribution in [0.2, 0.25) is 0 Å². The molecule has 6 rings (SSSR count). The van der Waals surface area contributed by atoms with E-state index >= 15 is 0 Å². The van der Waals surface area contributed by atoms with E-state index in [1.807, 2.05) is 37.3 Å². The second-order valence-electron chi connectivity index (χ2n) is 15.4. The lowest BCUT2D eigenvalue weighted by molar-refractivity contribution is -0.250. The van der Waals surface area contributed by atoms with Crippen LogP contribution in [0.3, 0.4) is 0 Å². The number of fused-ring (bicyclic) bond motifs is 2. The Balaban J connectivity index is 1.49. The van der Waals surface area contributed by atoms with Crippen LogP contribution in [0.1, 0.15) is 70.3 Å². The van der Waals surface area contributed by atoms with Gasteiger partial charge in [-0.3, -0.25) is 4.79 Å². The predicted octanol–water partition coefficient (Wildman–Crippen LogP) is 7.79. The van der Waals surface area contributed by atoms with Crippen LogP contribution in [0.15, 0.2) is 112 Å². The van der Waals surface area contributed by atoms with Gasteiger partial charge >= 0.3 is 0 Å². The highest BCUT2D eigenvalue weighted by atomic mass is 32.2. The van der Waals surface area contributed by atoms with E-state index in [2.05, 4.69) is 41.3 Å². The summed E-state index contributed by atoms with van der Waals surface area (Å²) in [6.07, 6.45) is 8.53. The first-order valence-electron chi connectivity index (χ1n) is 20.9. The molecule has 3 aromatic rings. The summed E-state index contributed by atoms with van der Waals surface area (Å²) in [5.41, 5.74) is 2.93. The number of carbonyl (C=O) groups is 1. The van der Waals surface area contributed by atoms with Gasteiger partial charge in [0.1, 0.15) is 18.1 Å². The first-order valence-corrected chi connectivity index (χ1v) is 23.4. The number of aliphatic hydroxyl groups excluding tert-OH is 2. The first-order chi connectivity index (χ1) is 29.1. The number of aliphatic hydroxyl groups is 2. The molecule has 60 heavy (non-hydrogen) atoms. The number of hydrogen-bond acceptors (Lipinski definition) is 11. The minimum absolute atomic E-state index is 0.0255. The molecule has 3 aromatic carbocycles. The Bertz CT molecular complexity index is 2080. The van der Waals surface area contributed by atoms with E-state index in [-0.39, 0.29) is 54.8 Å². The quantitative estimate of drug-likeness (QED) is 0.0395. The predicted molar refractivity (Wildman–Crippen MR) is 235 cm³/mol. The number of ether oxygens (including phenoxy) is 3. The molecule has 0 saturated heterocycles. The van der Waals surface area contributed by atoms with Gasteiger partial charge in [-0.15, -0.1) is 18.3 Å². The van der Waals surface area contributed by atoms with Gasteiger partial charge in [-0.1, -0.05) is 48.3 Å². The Morgan fingerprint density at radius 2 is 1.78 bits per heavy atom. The molecule has 12 nitrogen and oxygen atoms in total. The fraction of sp³-hybridized carbons (Fsp3) is 0.478. The molecule has 0 bridgehead atoms. The van der Waals surface area contributed by atoms with Crippen molar-refractivity contribution in [1.82, 2.24) is 4.31 Å². The molecule has 2 aliphatic carbocycles. The third-order valence-electron chi connectivity index (χ3n) is 11.6. The van der Waals surface area contributed by atoms with Crippen molar-refractivity contribution in [3.63, 3.8) is 0 Å². The number of thioether (sulfide) groups is 1. The molecule has 1 fully saturated rings. The summed E-state index contributed by atoms with van der Waals surface area (Å²) in [7, 11) is -2.65. The number of nitrogens with zero attached hydrogens (tertiary/aromatic N) is 2. The maximum Gasteiger partial charge on any atom is 0.243 e. The van der Waals surface area contributed by atoms with E-state index in [1.54, 1.807) is 37.0 Å². The third-order valence-corrected chi connectivity index (χ3v) is 14.5. The summed E-state index contributed by atoms with van der Waals surface area (Å²) in [4.78, 5) is 18.7. The molecule has 6 atom stereocenters. The second kappa shape index (κ2) is 21.1. The van der Waals surface area contributed by atoms with Crippen LogP contribution in [0.25, 0.3) is 0 Å². The number of nitrogens with one attached hydrogen (secondary N) is 1. The fourth-order valence-corrected chi connectivity index (χ4v) is 11.1. The Labute approximate surface area is 359 Å². The van der Waals surface area contributed by atoms with E-state index < -0.39 is 27.8 Å². The van der Waals surface area contributed by atoms with E-state index in [0.29, 0.717) is 49.0 Å². The van der Waals surface area contributed by atoms with Gasteiger partial charge in [0.15, 0.2) is 0 Å². The molecule has 0 spiro atoms. The van der Waals surface area contributed by atoms with Crippen molar-refractivity contribution >= 4 is 39.1 Å². The molecule has 1 saturated carbocycles.